The Morgan fingerprint density at radius 3 is 2.85 bits per heavy atom. The molecule has 1 aromatic carbocycles. The maximum absolute atomic E-state index is 12.3. The fourth-order valence-electron chi connectivity index (χ4n) is 2.35. The second-order valence-electron chi connectivity index (χ2n) is 5.03. The average molecular weight is 277 g/mol. The van der Waals surface area contributed by atoms with Gasteiger partial charge in [-0.05, 0) is 18.1 Å². The lowest BCUT2D eigenvalue weighted by Gasteiger charge is -2.32. The van der Waals surface area contributed by atoms with Crippen LogP contribution in [0, 0.1) is 6.92 Å². The average Bonchev–Trinajstić information content (AvgIpc) is 2.41. The molecule has 20 heavy (non-hydrogen) atoms. The Morgan fingerprint density at radius 2 is 2.15 bits per heavy atom. The lowest BCUT2D eigenvalue weighted by molar-refractivity contribution is -0.147. The molecule has 5 heteroatoms. The summed E-state index contributed by atoms with van der Waals surface area (Å²) in [5, 5.41) is 8.78. The zero-order chi connectivity index (χ0) is 14.5. The van der Waals surface area contributed by atoms with E-state index in [1.54, 1.807) is 4.90 Å². The summed E-state index contributed by atoms with van der Waals surface area (Å²) < 4.78 is 5.37. The monoisotopic (exact) mass is 277 g/mol. The molecule has 5 nitrogen and oxygen atoms in total. The lowest BCUT2D eigenvalue weighted by atomic mass is 10.0. The minimum atomic E-state index is -0.900. The summed E-state index contributed by atoms with van der Waals surface area (Å²) in [5.41, 5.74) is 2.11. The maximum atomic E-state index is 12.3. The number of hydrogen-bond donors (Lipinski definition) is 1. The van der Waals surface area contributed by atoms with Gasteiger partial charge in [-0.3, -0.25) is 9.59 Å². The highest BCUT2D eigenvalue weighted by Gasteiger charge is 2.25. The predicted octanol–water partition coefficient (Wildman–Crippen LogP) is 1.24. The van der Waals surface area contributed by atoms with Gasteiger partial charge >= 0.3 is 5.97 Å². The van der Waals surface area contributed by atoms with Crippen LogP contribution in [0.1, 0.15) is 17.5 Å². The number of morpholine rings is 1. The second kappa shape index (κ2) is 6.52. The fourth-order valence-corrected chi connectivity index (χ4v) is 2.35. The molecular weight excluding hydrogens is 258 g/mol. The first kappa shape index (κ1) is 14.5. The summed E-state index contributed by atoms with van der Waals surface area (Å²) in [4.78, 5) is 24.7. The fraction of sp³-hybridized carbons (Fsp3) is 0.467. The quantitative estimate of drug-likeness (QED) is 0.899. The molecule has 0 radical (unpaired) electrons. The minimum absolute atomic E-state index is 0.0259. The number of aryl methyl sites for hydroxylation is 1. The number of nitrogens with zero attached hydrogens (tertiary/aromatic N) is 1. The van der Waals surface area contributed by atoms with Crippen molar-refractivity contribution in [3.8, 4) is 0 Å². The molecule has 1 amide bonds. The van der Waals surface area contributed by atoms with E-state index in [0.29, 0.717) is 26.1 Å². The molecule has 108 valence electrons. The van der Waals surface area contributed by atoms with Crippen molar-refractivity contribution in [1.82, 2.24) is 4.90 Å². The van der Waals surface area contributed by atoms with Gasteiger partial charge in [-0.25, -0.2) is 0 Å². The molecule has 1 aromatic rings. The summed E-state index contributed by atoms with van der Waals surface area (Å²) >= 11 is 0. The minimum Gasteiger partial charge on any atom is -0.481 e. The topological polar surface area (TPSA) is 66.8 Å². The van der Waals surface area contributed by atoms with Gasteiger partial charge in [0.2, 0.25) is 5.91 Å². The zero-order valence-electron chi connectivity index (χ0n) is 11.5. The van der Waals surface area contributed by atoms with Crippen molar-refractivity contribution in [3.05, 3.63) is 35.4 Å². The summed E-state index contributed by atoms with van der Waals surface area (Å²) in [7, 11) is 0. The van der Waals surface area contributed by atoms with Crippen LogP contribution in [0.4, 0.5) is 0 Å². The molecule has 1 unspecified atom stereocenters. The van der Waals surface area contributed by atoms with Gasteiger partial charge in [0, 0.05) is 13.1 Å². The summed E-state index contributed by atoms with van der Waals surface area (Å²) in [5.74, 6) is -0.874. The highest BCUT2D eigenvalue weighted by atomic mass is 16.5. The van der Waals surface area contributed by atoms with E-state index in [1.807, 2.05) is 31.2 Å². The molecule has 1 fully saturated rings. The maximum Gasteiger partial charge on any atom is 0.306 e. The molecule has 1 aliphatic rings. The van der Waals surface area contributed by atoms with Crippen molar-refractivity contribution in [2.24, 2.45) is 0 Å². The molecule has 0 spiro atoms. The van der Waals surface area contributed by atoms with Crippen LogP contribution in [0.2, 0.25) is 0 Å². The third kappa shape index (κ3) is 3.81. The molecule has 0 aromatic heterocycles. The molecule has 2 rings (SSSR count). The van der Waals surface area contributed by atoms with E-state index < -0.39 is 12.1 Å². The Labute approximate surface area is 118 Å². The number of carboxylic acids is 1. The summed E-state index contributed by atoms with van der Waals surface area (Å²) in [6.07, 6.45) is -0.109. The first-order valence-electron chi connectivity index (χ1n) is 6.72. The number of carbonyl (C=O) groups excluding carboxylic acids is 1. The van der Waals surface area contributed by atoms with Crippen molar-refractivity contribution >= 4 is 11.9 Å². The molecule has 0 bridgehead atoms. The predicted molar refractivity (Wildman–Crippen MR) is 73.5 cm³/mol. The van der Waals surface area contributed by atoms with Gasteiger partial charge in [-0.1, -0.05) is 24.3 Å². The number of ether oxygens (including phenoxy) is 1. The van der Waals surface area contributed by atoms with Gasteiger partial charge in [0.05, 0.1) is 25.6 Å². The van der Waals surface area contributed by atoms with Crippen LogP contribution in [-0.4, -0.2) is 47.7 Å². The SMILES string of the molecule is Cc1ccccc1CC(=O)N1CCOC(CC(=O)O)C1. The Kier molecular flexibility index (Phi) is 4.74. The van der Waals surface area contributed by atoms with E-state index in [2.05, 4.69) is 0 Å². The highest BCUT2D eigenvalue weighted by molar-refractivity contribution is 5.79. The van der Waals surface area contributed by atoms with Gasteiger partial charge in [-0.15, -0.1) is 0 Å². The standard InChI is InChI=1S/C15H19NO4/c1-11-4-2-3-5-12(11)8-14(17)16-6-7-20-13(10-16)9-15(18)19/h2-5,13H,6-10H2,1H3,(H,18,19). The van der Waals surface area contributed by atoms with Crippen LogP contribution < -0.4 is 0 Å². The van der Waals surface area contributed by atoms with Crippen LogP contribution in [0.5, 0.6) is 0 Å². The number of hydrogen-bond acceptors (Lipinski definition) is 3. The van der Waals surface area contributed by atoms with E-state index in [4.69, 9.17) is 9.84 Å². The van der Waals surface area contributed by atoms with E-state index in [0.717, 1.165) is 11.1 Å². The van der Waals surface area contributed by atoms with Crippen LogP contribution in [0.3, 0.4) is 0 Å². The number of carbonyl (C=O) groups is 2. The van der Waals surface area contributed by atoms with Gasteiger partial charge in [0.15, 0.2) is 0 Å². The molecule has 1 saturated heterocycles. The van der Waals surface area contributed by atoms with Crippen LogP contribution >= 0.6 is 0 Å². The van der Waals surface area contributed by atoms with E-state index in [1.165, 1.54) is 0 Å². The second-order valence-corrected chi connectivity index (χ2v) is 5.03. The van der Waals surface area contributed by atoms with Crippen molar-refractivity contribution in [1.29, 1.82) is 0 Å². The number of rotatable bonds is 4. The first-order chi connectivity index (χ1) is 9.56. The van der Waals surface area contributed by atoms with Crippen molar-refractivity contribution < 1.29 is 19.4 Å². The Hall–Kier alpha value is -1.88. The number of carboxylic acid groups (broad SMARTS) is 1. The third-order valence-corrected chi connectivity index (χ3v) is 3.50. The van der Waals surface area contributed by atoms with Crippen molar-refractivity contribution in [2.75, 3.05) is 19.7 Å². The Bertz CT molecular complexity index is 500. The molecular formula is C15H19NO4. The van der Waals surface area contributed by atoms with Crippen LogP contribution in [0.15, 0.2) is 24.3 Å². The highest BCUT2D eigenvalue weighted by Crippen LogP contribution is 2.13. The molecule has 1 aliphatic heterocycles. The molecule has 1 heterocycles. The lowest BCUT2D eigenvalue weighted by Crippen LogP contribution is -2.46. The van der Waals surface area contributed by atoms with E-state index in [-0.39, 0.29) is 12.3 Å². The number of aliphatic carboxylic acids is 1. The van der Waals surface area contributed by atoms with Crippen LogP contribution in [-0.2, 0) is 20.7 Å². The third-order valence-electron chi connectivity index (χ3n) is 3.50. The molecule has 0 aliphatic carbocycles. The van der Waals surface area contributed by atoms with Crippen molar-refractivity contribution in [3.63, 3.8) is 0 Å². The largest absolute Gasteiger partial charge is 0.481 e. The smallest absolute Gasteiger partial charge is 0.306 e. The van der Waals surface area contributed by atoms with E-state index >= 15 is 0 Å². The van der Waals surface area contributed by atoms with E-state index in [9.17, 15) is 9.59 Å². The number of benzene rings is 1. The van der Waals surface area contributed by atoms with Crippen molar-refractivity contribution in [2.45, 2.75) is 25.9 Å². The summed E-state index contributed by atoms with van der Waals surface area (Å²) in [6.45, 7) is 3.27. The van der Waals surface area contributed by atoms with Crippen LogP contribution in [0.25, 0.3) is 0 Å². The first-order valence-corrected chi connectivity index (χ1v) is 6.72. The van der Waals surface area contributed by atoms with Gasteiger partial charge in [0.25, 0.3) is 0 Å². The number of amides is 1. The molecule has 1 N–H and O–H groups in total. The van der Waals surface area contributed by atoms with Gasteiger partial charge in [-0.2, -0.15) is 0 Å². The Balaban J connectivity index is 1.95. The Morgan fingerprint density at radius 1 is 1.40 bits per heavy atom. The molecule has 1 atom stereocenters. The van der Waals surface area contributed by atoms with Gasteiger partial charge < -0.3 is 14.7 Å². The molecule has 0 saturated carbocycles. The normalized spacial score (nSPS) is 18.9. The van der Waals surface area contributed by atoms with Gasteiger partial charge in [0.1, 0.15) is 0 Å². The zero-order valence-corrected chi connectivity index (χ0v) is 11.5. The summed E-state index contributed by atoms with van der Waals surface area (Å²) in [6, 6.07) is 7.79.